The summed E-state index contributed by atoms with van der Waals surface area (Å²) in [5, 5.41) is 5.16. The van der Waals surface area contributed by atoms with Gasteiger partial charge in [-0.25, -0.2) is 0 Å². The van der Waals surface area contributed by atoms with Gasteiger partial charge in [0.15, 0.2) is 0 Å². The molecule has 0 saturated carbocycles. The van der Waals surface area contributed by atoms with Crippen molar-refractivity contribution < 1.29 is 0 Å². The Kier molecular flexibility index (Phi) is 2.27. The number of hydrogen-bond acceptors (Lipinski definition) is 2. The Labute approximate surface area is 106 Å². The molecule has 1 aromatic heterocycles. The first kappa shape index (κ1) is 10.1. The normalized spacial score (nSPS) is 32.1. The van der Waals surface area contributed by atoms with Crippen molar-refractivity contribution in [3.05, 3.63) is 35.2 Å². The first-order valence-electron chi connectivity index (χ1n) is 6.63. The van der Waals surface area contributed by atoms with Gasteiger partial charge in [-0.2, -0.15) is 0 Å². The van der Waals surface area contributed by atoms with Crippen LogP contribution in [0.1, 0.15) is 36.5 Å². The van der Waals surface area contributed by atoms with Crippen LogP contribution in [0.5, 0.6) is 0 Å². The summed E-state index contributed by atoms with van der Waals surface area (Å²) in [6.07, 6.45) is 5.49. The molecule has 1 nitrogen and oxygen atoms in total. The lowest BCUT2D eigenvalue weighted by Gasteiger charge is -2.28. The largest absolute Gasteiger partial charge is 0.311 e. The summed E-state index contributed by atoms with van der Waals surface area (Å²) in [6.45, 7) is 0. The van der Waals surface area contributed by atoms with E-state index >= 15 is 0 Å². The van der Waals surface area contributed by atoms with Gasteiger partial charge in [-0.3, -0.25) is 0 Å². The van der Waals surface area contributed by atoms with Gasteiger partial charge in [0.05, 0.1) is 0 Å². The second kappa shape index (κ2) is 3.82. The molecule has 1 aromatic carbocycles. The lowest BCUT2D eigenvalue weighted by Crippen LogP contribution is -2.36. The summed E-state index contributed by atoms with van der Waals surface area (Å²) in [5.74, 6) is 0.811. The Morgan fingerprint density at radius 3 is 2.59 bits per heavy atom. The number of piperidine rings is 1. The second-order valence-electron chi connectivity index (χ2n) is 5.49. The number of nitrogens with one attached hydrogen (secondary N) is 1. The molecule has 0 amide bonds. The third-order valence-corrected chi connectivity index (χ3v) is 5.60. The van der Waals surface area contributed by atoms with E-state index in [2.05, 4.69) is 35.6 Å². The van der Waals surface area contributed by atoms with E-state index < -0.39 is 0 Å². The molecule has 2 aliphatic heterocycles. The molecular weight excluding hydrogens is 226 g/mol. The van der Waals surface area contributed by atoms with Crippen LogP contribution in [-0.4, -0.2) is 12.1 Å². The Hall–Kier alpha value is -0.860. The lowest BCUT2D eigenvalue weighted by molar-refractivity contribution is 0.366. The second-order valence-corrected chi connectivity index (χ2v) is 6.61. The fourth-order valence-corrected chi connectivity index (χ4v) is 4.68. The van der Waals surface area contributed by atoms with E-state index in [1.54, 1.807) is 4.88 Å². The lowest BCUT2D eigenvalue weighted by atomic mass is 9.91. The van der Waals surface area contributed by atoms with E-state index in [0.29, 0.717) is 0 Å². The van der Waals surface area contributed by atoms with Crippen LogP contribution in [0, 0.1) is 0 Å². The van der Waals surface area contributed by atoms with Crippen LogP contribution in [0.2, 0.25) is 0 Å². The van der Waals surface area contributed by atoms with Gasteiger partial charge in [-0.15, -0.1) is 11.3 Å². The average Bonchev–Trinajstić information content (AvgIpc) is 2.92. The monoisotopic (exact) mass is 243 g/mol. The van der Waals surface area contributed by atoms with Gasteiger partial charge in [-0.05, 0) is 49.1 Å². The highest BCUT2D eigenvalue weighted by atomic mass is 32.1. The highest BCUT2D eigenvalue weighted by molar-refractivity contribution is 7.19. The van der Waals surface area contributed by atoms with Gasteiger partial charge >= 0.3 is 0 Å². The van der Waals surface area contributed by atoms with Crippen LogP contribution in [0.25, 0.3) is 10.1 Å². The third kappa shape index (κ3) is 1.71. The summed E-state index contributed by atoms with van der Waals surface area (Å²) in [6, 6.07) is 12.8. The molecule has 0 aliphatic carbocycles. The van der Waals surface area contributed by atoms with Crippen LogP contribution in [0.4, 0.5) is 0 Å². The van der Waals surface area contributed by atoms with Crippen LogP contribution < -0.4 is 5.32 Å². The quantitative estimate of drug-likeness (QED) is 0.801. The summed E-state index contributed by atoms with van der Waals surface area (Å²) >= 11 is 2.01. The van der Waals surface area contributed by atoms with Crippen molar-refractivity contribution in [1.82, 2.24) is 5.32 Å². The summed E-state index contributed by atoms with van der Waals surface area (Å²) in [7, 11) is 0. The predicted octanol–water partition coefficient (Wildman–Crippen LogP) is 3.90. The predicted molar refractivity (Wildman–Crippen MR) is 73.7 cm³/mol. The number of thiophene rings is 1. The standard InChI is InChI=1S/C15H17NS/c1-2-4-14-10(3-1)9-15(17-14)11-7-12-5-6-13(8-11)16-12/h1-4,9,11-13,16H,5-8H2/t11?,12-,13+. The molecule has 1 N–H and O–H groups in total. The highest BCUT2D eigenvalue weighted by Gasteiger charge is 2.34. The molecule has 88 valence electrons. The molecule has 4 rings (SSSR count). The van der Waals surface area contributed by atoms with E-state index in [1.165, 1.54) is 35.8 Å². The molecule has 2 aromatic rings. The zero-order chi connectivity index (χ0) is 11.2. The third-order valence-electron chi connectivity index (χ3n) is 4.32. The van der Waals surface area contributed by atoms with Crippen LogP contribution in [0.3, 0.4) is 0 Å². The van der Waals surface area contributed by atoms with E-state index in [4.69, 9.17) is 0 Å². The fraction of sp³-hybridized carbons (Fsp3) is 0.467. The van der Waals surface area contributed by atoms with Crippen LogP contribution in [-0.2, 0) is 0 Å². The van der Waals surface area contributed by atoms with Crippen molar-refractivity contribution in [3.8, 4) is 0 Å². The van der Waals surface area contributed by atoms with Crippen LogP contribution >= 0.6 is 11.3 Å². The Balaban J connectivity index is 1.69. The molecule has 2 heteroatoms. The molecular formula is C15H17NS. The van der Waals surface area contributed by atoms with E-state index in [9.17, 15) is 0 Å². The van der Waals surface area contributed by atoms with E-state index in [-0.39, 0.29) is 0 Å². The summed E-state index contributed by atoms with van der Waals surface area (Å²) in [5.41, 5.74) is 0. The molecule has 0 spiro atoms. The van der Waals surface area contributed by atoms with Gasteiger partial charge in [0.1, 0.15) is 0 Å². The molecule has 2 fully saturated rings. The minimum Gasteiger partial charge on any atom is -0.311 e. The van der Waals surface area contributed by atoms with Crippen molar-refractivity contribution >= 4 is 21.4 Å². The molecule has 3 atom stereocenters. The number of rotatable bonds is 1. The highest BCUT2D eigenvalue weighted by Crippen LogP contribution is 2.41. The number of benzene rings is 1. The smallest absolute Gasteiger partial charge is 0.0345 e. The van der Waals surface area contributed by atoms with Crippen molar-refractivity contribution in [2.24, 2.45) is 0 Å². The first-order valence-corrected chi connectivity index (χ1v) is 7.44. The van der Waals surface area contributed by atoms with Crippen molar-refractivity contribution in [3.63, 3.8) is 0 Å². The maximum atomic E-state index is 3.73. The number of fused-ring (bicyclic) bond motifs is 3. The van der Waals surface area contributed by atoms with Crippen molar-refractivity contribution in [2.45, 2.75) is 43.7 Å². The van der Waals surface area contributed by atoms with Crippen LogP contribution in [0.15, 0.2) is 30.3 Å². The van der Waals surface area contributed by atoms with Gasteiger partial charge in [-0.1, -0.05) is 18.2 Å². The topological polar surface area (TPSA) is 12.0 Å². The molecule has 17 heavy (non-hydrogen) atoms. The maximum absolute atomic E-state index is 3.73. The molecule has 2 aliphatic rings. The van der Waals surface area contributed by atoms with Gasteiger partial charge < -0.3 is 5.32 Å². The first-order chi connectivity index (χ1) is 8.38. The zero-order valence-corrected chi connectivity index (χ0v) is 10.7. The number of hydrogen-bond donors (Lipinski definition) is 1. The zero-order valence-electron chi connectivity index (χ0n) is 9.86. The Bertz CT molecular complexity index is 500. The van der Waals surface area contributed by atoms with Gasteiger partial charge in [0.25, 0.3) is 0 Å². The SMILES string of the molecule is c1ccc2sc(C3C[C@H]4CC[C@@H](C3)N4)cc2c1. The van der Waals surface area contributed by atoms with Gasteiger partial charge in [0.2, 0.25) is 0 Å². The molecule has 3 heterocycles. The summed E-state index contributed by atoms with van der Waals surface area (Å²) < 4.78 is 1.45. The van der Waals surface area contributed by atoms with Gasteiger partial charge in [0, 0.05) is 21.7 Å². The average molecular weight is 243 g/mol. The molecule has 2 saturated heterocycles. The molecule has 2 bridgehead atoms. The van der Waals surface area contributed by atoms with E-state index in [1.807, 2.05) is 11.3 Å². The Morgan fingerprint density at radius 1 is 1.06 bits per heavy atom. The minimum absolute atomic E-state index is 0.795. The Morgan fingerprint density at radius 2 is 1.82 bits per heavy atom. The summed E-state index contributed by atoms with van der Waals surface area (Å²) in [4.78, 5) is 1.62. The molecule has 0 radical (unpaired) electrons. The van der Waals surface area contributed by atoms with E-state index in [0.717, 1.165) is 18.0 Å². The minimum atomic E-state index is 0.795. The molecule has 1 unspecified atom stereocenters. The van der Waals surface area contributed by atoms with Crippen molar-refractivity contribution in [1.29, 1.82) is 0 Å². The van der Waals surface area contributed by atoms with Crippen molar-refractivity contribution in [2.75, 3.05) is 0 Å². The maximum Gasteiger partial charge on any atom is 0.0345 e. The fourth-order valence-electron chi connectivity index (χ4n) is 3.49.